The van der Waals surface area contributed by atoms with Crippen molar-refractivity contribution in [2.75, 3.05) is 38.3 Å². The Hall–Kier alpha value is -2.92. The van der Waals surface area contributed by atoms with Crippen LogP contribution >= 0.6 is 23.1 Å². The Labute approximate surface area is 187 Å². The highest BCUT2D eigenvalue weighted by Crippen LogP contribution is 2.43. The minimum atomic E-state index is -0.584. The van der Waals surface area contributed by atoms with E-state index in [9.17, 15) is 9.59 Å². The van der Waals surface area contributed by atoms with Crippen LogP contribution in [0.1, 0.15) is 15.4 Å². The first-order valence-corrected chi connectivity index (χ1v) is 11.4. The highest BCUT2D eigenvalue weighted by molar-refractivity contribution is 7.99. The molecule has 0 saturated carbocycles. The van der Waals surface area contributed by atoms with E-state index < -0.39 is 6.04 Å². The molecule has 1 unspecified atom stereocenters. The number of thioether (sulfide) groups is 1. The molecule has 1 atom stereocenters. The maximum Gasteiger partial charge on any atom is 0.271 e. The van der Waals surface area contributed by atoms with Crippen molar-refractivity contribution in [1.29, 1.82) is 0 Å². The van der Waals surface area contributed by atoms with E-state index in [4.69, 9.17) is 14.2 Å². The van der Waals surface area contributed by atoms with Gasteiger partial charge in [0.1, 0.15) is 11.7 Å². The van der Waals surface area contributed by atoms with Crippen LogP contribution in [-0.4, -0.2) is 65.7 Å². The normalized spacial score (nSPS) is 15.9. The van der Waals surface area contributed by atoms with E-state index in [1.807, 2.05) is 6.92 Å². The fourth-order valence-electron chi connectivity index (χ4n) is 3.48. The molecule has 1 fully saturated rings. The van der Waals surface area contributed by atoms with Gasteiger partial charge in [-0.1, -0.05) is 0 Å². The van der Waals surface area contributed by atoms with Crippen molar-refractivity contribution >= 4 is 50.9 Å². The highest BCUT2D eigenvalue weighted by atomic mass is 32.2. The molecular weight excluding hydrogens is 440 g/mol. The first kappa shape index (κ1) is 21.3. The summed E-state index contributed by atoms with van der Waals surface area (Å²) in [4.78, 5) is 35.9. The number of hydrogen-bond donors (Lipinski definition) is 2. The van der Waals surface area contributed by atoms with E-state index in [1.54, 1.807) is 23.2 Å². The van der Waals surface area contributed by atoms with Crippen molar-refractivity contribution in [3.05, 3.63) is 28.9 Å². The Balaban J connectivity index is 1.62. The van der Waals surface area contributed by atoms with Crippen molar-refractivity contribution in [3.8, 4) is 17.2 Å². The number of ether oxygens (including phenoxy) is 3. The lowest BCUT2D eigenvalue weighted by atomic mass is 10.2. The predicted molar refractivity (Wildman–Crippen MR) is 121 cm³/mol. The molecule has 0 radical (unpaired) electrons. The van der Waals surface area contributed by atoms with Gasteiger partial charge in [-0.25, -0.2) is 4.98 Å². The molecule has 2 amide bonds. The molecule has 1 saturated heterocycles. The lowest BCUT2D eigenvalue weighted by Crippen LogP contribution is -2.44. The van der Waals surface area contributed by atoms with E-state index >= 15 is 0 Å². The minimum absolute atomic E-state index is 0.246. The summed E-state index contributed by atoms with van der Waals surface area (Å²) in [5.41, 5.74) is 0.976. The van der Waals surface area contributed by atoms with Crippen LogP contribution in [0.15, 0.2) is 18.3 Å². The van der Waals surface area contributed by atoms with Crippen LogP contribution in [0.2, 0.25) is 0 Å². The van der Waals surface area contributed by atoms with Crippen LogP contribution in [0.4, 0.5) is 5.13 Å². The molecule has 0 bridgehead atoms. The maximum absolute atomic E-state index is 13.3. The molecule has 1 aromatic carbocycles. The number of thiazole rings is 1. The van der Waals surface area contributed by atoms with E-state index in [0.29, 0.717) is 45.2 Å². The number of H-pyrrole nitrogens is 1. The summed E-state index contributed by atoms with van der Waals surface area (Å²) in [6.45, 7) is 1.92. The Morgan fingerprint density at radius 3 is 2.61 bits per heavy atom. The number of benzene rings is 1. The number of rotatable bonds is 6. The third-order valence-corrected chi connectivity index (χ3v) is 6.79. The molecule has 4 rings (SSSR count). The van der Waals surface area contributed by atoms with Gasteiger partial charge in [-0.05, 0) is 19.1 Å². The molecule has 3 aromatic rings. The monoisotopic (exact) mass is 462 g/mol. The molecular formula is C20H22N4O5S2. The SMILES string of the molecule is COc1cc2cc(C(=O)N3CSCC3C(=O)Nc3ncc(C)s3)[nH]c2c(OC)c1OC. The number of amides is 2. The summed E-state index contributed by atoms with van der Waals surface area (Å²) in [6, 6.07) is 2.92. The number of hydrogen-bond acceptors (Lipinski definition) is 8. The third-order valence-electron chi connectivity index (χ3n) is 4.95. The summed E-state index contributed by atoms with van der Waals surface area (Å²) in [5.74, 6) is 1.81. The van der Waals surface area contributed by atoms with E-state index in [0.717, 1.165) is 10.3 Å². The first-order valence-electron chi connectivity index (χ1n) is 9.40. The fraction of sp³-hybridized carbons (Fsp3) is 0.350. The van der Waals surface area contributed by atoms with Gasteiger partial charge in [0, 0.05) is 22.2 Å². The molecule has 1 aliphatic heterocycles. The number of aromatic nitrogens is 2. The van der Waals surface area contributed by atoms with Crippen molar-refractivity contribution in [2.24, 2.45) is 0 Å². The van der Waals surface area contributed by atoms with Gasteiger partial charge in [0.15, 0.2) is 16.6 Å². The number of methoxy groups -OCH3 is 3. The number of aryl methyl sites for hydroxylation is 1. The Morgan fingerprint density at radius 2 is 1.97 bits per heavy atom. The van der Waals surface area contributed by atoms with Crippen LogP contribution < -0.4 is 19.5 Å². The van der Waals surface area contributed by atoms with Gasteiger partial charge in [-0.3, -0.25) is 9.59 Å². The molecule has 2 aromatic heterocycles. The van der Waals surface area contributed by atoms with E-state index in [2.05, 4.69) is 15.3 Å². The number of anilines is 1. The van der Waals surface area contributed by atoms with E-state index in [-0.39, 0.29) is 11.8 Å². The summed E-state index contributed by atoms with van der Waals surface area (Å²) in [7, 11) is 4.59. The van der Waals surface area contributed by atoms with Gasteiger partial charge in [-0.2, -0.15) is 0 Å². The molecule has 0 spiro atoms. The quantitative estimate of drug-likeness (QED) is 0.580. The number of fused-ring (bicyclic) bond motifs is 1. The molecule has 0 aliphatic carbocycles. The minimum Gasteiger partial charge on any atom is -0.493 e. The largest absolute Gasteiger partial charge is 0.493 e. The molecule has 164 valence electrons. The van der Waals surface area contributed by atoms with Crippen molar-refractivity contribution in [2.45, 2.75) is 13.0 Å². The summed E-state index contributed by atoms with van der Waals surface area (Å²) >= 11 is 2.93. The van der Waals surface area contributed by atoms with Crippen LogP contribution in [-0.2, 0) is 4.79 Å². The second kappa shape index (κ2) is 8.67. The molecule has 3 heterocycles. The summed E-state index contributed by atoms with van der Waals surface area (Å²) < 4.78 is 16.3. The van der Waals surface area contributed by atoms with Gasteiger partial charge >= 0.3 is 0 Å². The number of carbonyl (C=O) groups is 2. The standard InChI is InChI=1S/C20H22N4O5S2/c1-10-7-21-20(31-10)23-18(25)13-8-30-9-24(13)19(26)12-5-11-6-14(27-2)16(28-3)17(29-4)15(11)22-12/h5-7,13,22H,8-9H2,1-4H3,(H,21,23,25). The smallest absolute Gasteiger partial charge is 0.271 e. The van der Waals surface area contributed by atoms with Crippen LogP contribution in [0, 0.1) is 6.92 Å². The van der Waals surface area contributed by atoms with Crippen molar-refractivity contribution in [1.82, 2.24) is 14.9 Å². The molecule has 9 nitrogen and oxygen atoms in total. The second-order valence-electron chi connectivity index (χ2n) is 6.85. The average Bonchev–Trinajstić information content (AvgIpc) is 3.50. The highest BCUT2D eigenvalue weighted by Gasteiger charge is 2.36. The van der Waals surface area contributed by atoms with Crippen LogP contribution in [0.5, 0.6) is 17.2 Å². The van der Waals surface area contributed by atoms with Gasteiger partial charge in [0.25, 0.3) is 5.91 Å². The summed E-state index contributed by atoms with van der Waals surface area (Å²) in [6.07, 6.45) is 1.70. The van der Waals surface area contributed by atoms with E-state index in [1.165, 1.54) is 44.4 Å². The molecule has 11 heteroatoms. The van der Waals surface area contributed by atoms with Crippen molar-refractivity contribution in [3.63, 3.8) is 0 Å². The zero-order valence-corrected chi connectivity index (χ0v) is 19.1. The number of nitrogens with zero attached hydrogens (tertiary/aromatic N) is 2. The maximum atomic E-state index is 13.3. The van der Waals surface area contributed by atoms with Gasteiger partial charge < -0.3 is 29.4 Å². The zero-order chi connectivity index (χ0) is 22.1. The third kappa shape index (κ3) is 3.90. The zero-order valence-electron chi connectivity index (χ0n) is 17.5. The molecule has 2 N–H and O–H groups in total. The fourth-order valence-corrected chi connectivity index (χ4v) is 5.30. The Kier molecular flexibility index (Phi) is 5.96. The Morgan fingerprint density at radius 1 is 1.19 bits per heavy atom. The number of nitrogens with one attached hydrogen (secondary N) is 2. The topological polar surface area (TPSA) is 106 Å². The van der Waals surface area contributed by atoms with Gasteiger partial charge in [0.2, 0.25) is 11.7 Å². The molecule has 1 aliphatic rings. The lowest BCUT2D eigenvalue weighted by Gasteiger charge is -2.22. The second-order valence-corrected chi connectivity index (χ2v) is 9.08. The Bertz CT molecular complexity index is 1140. The van der Waals surface area contributed by atoms with Crippen LogP contribution in [0.3, 0.4) is 0 Å². The lowest BCUT2D eigenvalue weighted by molar-refractivity contribution is -0.119. The average molecular weight is 463 g/mol. The van der Waals surface area contributed by atoms with Gasteiger partial charge in [0.05, 0.1) is 32.7 Å². The summed E-state index contributed by atoms with van der Waals surface area (Å²) in [5, 5.41) is 4.08. The number of aromatic amines is 1. The van der Waals surface area contributed by atoms with Crippen molar-refractivity contribution < 1.29 is 23.8 Å². The first-order chi connectivity index (χ1) is 15.0. The van der Waals surface area contributed by atoms with Crippen LogP contribution in [0.25, 0.3) is 10.9 Å². The van der Waals surface area contributed by atoms with Gasteiger partial charge in [-0.15, -0.1) is 23.1 Å². The predicted octanol–water partition coefficient (Wildman–Crippen LogP) is 3.11. The number of carbonyl (C=O) groups excluding carboxylic acids is 2. The molecule has 31 heavy (non-hydrogen) atoms.